The molecule has 1 N–H and O–H groups in total. The Balaban J connectivity index is 1.37. The molecule has 0 unspecified atom stereocenters. The summed E-state index contributed by atoms with van der Waals surface area (Å²) in [6.45, 7) is 1.93. The number of carbonyl (C=O) groups excluding carboxylic acids is 2. The predicted octanol–water partition coefficient (Wildman–Crippen LogP) is 5.21. The van der Waals surface area contributed by atoms with Crippen molar-refractivity contribution in [1.29, 1.82) is 0 Å². The fourth-order valence-electron chi connectivity index (χ4n) is 3.29. The van der Waals surface area contributed by atoms with E-state index in [1.165, 1.54) is 18.3 Å². The van der Waals surface area contributed by atoms with E-state index < -0.39 is 0 Å². The van der Waals surface area contributed by atoms with Gasteiger partial charge in [0.05, 0.1) is 17.2 Å². The van der Waals surface area contributed by atoms with E-state index in [-0.39, 0.29) is 11.7 Å². The van der Waals surface area contributed by atoms with Gasteiger partial charge in [0, 0.05) is 37.0 Å². The number of hydrogen-bond donors (Lipinski definition) is 1. The van der Waals surface area contributed by atoms with Crippen LogP contribution in [0, 0.1) is 0 Å². The number of rotatable bonds is 9. The predicted molar refractivity (Wildman–Crippen MR) is 130 cm³/mol. The minimum Gasteiger partial charge on any atom is -0.494 e. The van der Waals surface area contributed by atoms with Gasteiger partial charge in [-0.2, -0.15) is 0 Å². The van der Waals surface area contributed by atoms with Crippen LogP contribution in [0.5, 0.6) is 5.75 Å². The van der Waals surface area contributed by atoms with Crippen LogP contribution in [0.3, 0.4) is 0 Å². The van der Waals surface area contributed by atoms with Gasteiger partial charge in [-0.1, -0.05) is 41.7 Å². The first-order chi connectivity index (χ1) is 16.0. The van der Waals surface area contributed by atoms with Crippen LogP contribution >= 0.6 is 11.3 Å². The monoisotopic (exact) mass is 460 g/mol. The number of nitrogens with one attached hydrogen (secondary N) is 1. The van der Waals surface area contributed by atoms with Gasteiger partial charge >= 0.3 is 0 Å². The molecule has 4 rings (SSSR count). The Kier molecular flexibility index (Phi) is 6.95. The van der Waals surface area contributed by atoms with Crippen LogP contribution in [-0.2, 0) is 11.8 Å². The van der Waals surface area contributed by atoms with Crippen molar-refractivity contribution >= 4 is 28.2 Å². The summed E-state index contributed by atoms with van der Waals surface area (Å²) in [6, 6.07) is 16.9. The van der Waals surface area contributed by atoms with Gasteiger partial charge in [-0.05, 0) is 37.6 Å². The van der Waals surface area contributed by atoms with Crippen LogP contribution in [0.4, 0.5) is 5.13 Å². The van der Waals surface area contributed by atoms with E-state index in [9.17, 15) is 9.59 Å². The first kappa shape index (κ1) is 22.4. The van der Waals surface area contributed by atoms with Crippen LogP contribution in [0.15, 0.2) is 67.0 Å². The lowest BCUT2D eigenvalue weighted by atomic mass is 10.1. The number of amides is 1. The first-order valence-corrected chi connectivity index (χ1v) is 11.4. The summed E-state index contributed by atoms with van der Waals surface area (Å²) in [7, 11) is 1.93. The number of ether oxygens (including phenoxy) is 1. The van der Waals surface area contributed by atoms with Gasteiger partial charge in [-0.15, -0.1) is 0 Å². The first-order valence-electron chi connectivity index (χ1n) is 10.6. The molecule has 0 saturated carbocycles. The molecular formula is C25H24N4O3S. The highest BCUT2D eigenvalue weighted by Crippen LogP contribution is 2.38. The molecular weight excluding hydrogens is 436 g/mol. The quantitative estimate of drug-likeness (QED) is 0.274. The standard InChI is InChI=1S/C25H24N4O3S/c1-17(30)18-10-12-20(13-11-18)32-16-6-9-21(31)27-25-28-22(19-7-4-3-5-8-19)23(33-25)24-26-14-15-29(24)2/h3-5,7-8,10-15H,6,9,16H2,1-2H3,(H,27,28,31). The molecule has 0 bridgehead atoms. The summed E-state index contributed by atoms with van der Waals surface area (Å²) in [4.78, 5) is 33.9. The van der Waals surface area contributed by atoms with Crippen LogP contribution in [-0.4, -0.2) is 32.8 Å². The van der Waals surface area contributed by atoms with E-state index in [4.69, 9.17) is 9.72 Å². The molecule has 0 radical (unpaired) electrons. The zero-order valence-corrected chi connectivity index (χ0v) is 19.3. The van der Waals surface area contributed by atoms with Crippen LogP contribution < -0.4 is 10.1 Å². The van der Waals surface area contributed by atoms with Crippen LogP contribution in [0.1, 0.15) is 30.1 Å². The third kappa shape index (κ3) is 5.53. The molecule has 168 valence electrons. The Morgan fingerprint density at radius 1 is 1.09 bits per heavy atom. The molecule has 0 spiro atoms. The fourth-order valence-corrected chi connectivity index (χ4v) is 4.33. The minimum atomic E-state index is -0.120. The van der Waals surface area contributed by atoms with Crippen molar-refractivity contribution in [3.05, 3.63) is 72.6 Å². The van der Waals surface area contributed by atoms with Crippen molar-refractivity contribution in [2.75, 3.05) is 11.9 Å². The van der Waals surface area contributed by atoms with Gasteiger partial charge in [-0.25, -0.2) is 9.97 Å². The SMILES string of the molecule is CC(=O)c1ccc(OCCCC(=O)Nc2nc(-c3ccccc3)c(-c3nccn3C)s2)cc1. The van der Waals surface area contributed by atoms with Gasteiger partial charge in [0.2, 0.25) is 5.91 Å². The molecule has 0 aliphatic rings. The highest BCUT2D eigenvalue weighted by Gasteiger charge is 2.19. The molecule has 4 aromatic rings. The molecule has 2 aromatic heterocycles. The van der Waals surface area contributed by atoms with Crippen LogP contribution in [0.25, 0.3) is 22.0 Å². The van der Waals surface area contributed by atoms with E-state index >= 15 is 0 Å². The summed E-state index contributed by atoms with van der Waals surface area (Å²) >= 11 is 1.41. The maximum Gasteiger partial charge on any atom is 0.226 e. The fraction of sp³-hybridized carbons (Fsp3) is 0.200. The average Bonchev–Trinajstić information content (AvgIpc) is 3.43. The number of ketones is 1. The second kappa shape index (κ2) is 10.2. The molecule has 0 saturated heterocycles. The van der Waals surface area contributed by atoms with Crippen LogP contribution in [0.2, 0.25) is 0 Å². The molecule has 1 amide bonds. The maximum atomic E-state index is 12.5. The summed E-state index contributed by atoms with van der Waals surface area (Å²) in [5, 5.41) is 3.45. The lowest BCUT2D eigenvalue weighted by Crippen LogP contribution is -2.12. The summed E-state index contributed by atoms with van der Waals surface area (Å²) in [6.07, 6.45) is 4.50. The number of thiazole rings is 1. The normalized spacial score (nSPS) is 10.7. The van der Waals surface area contributed by atoms with E-state index in [1.807, 2.05) is 48.1 Å². The number of imidazole rings is 1. The van der Waals surface area contributed by atoms with Crippen molar-refractivity contribution in [2.24, 2.45) is 7.05 Å². The number of carbonyl (C=O) groups is 2. The molecule has 0 aliphatic heterocycles. The van der Waals surface area contributed by atoms with Gasteiger partial charge in [-0.3, -0.25) is 9.59 Å². The molecule has 2 heterocycles. The number of aromatic nitrogens is 3. The Bertz CT molecular complexity index is 1250. The number of aryl methyl sites for hydroxylation is 1. The zero-order chi connectivity index (χ0) is 23.2. The molecule has 0 atom stereocenters. The summed E-state index contributed by atoms with van der Waals surface area (Å²) in [5.74, 6) is 1.37. The highest BCUT2D eigenvalue weighted by atomic mass is 32.1. The van der Waals surface area contributed by atoms with Gasteiger partial charge in [0.15, 0.2) is 16.7 Å². The second-order valence-corrected chi connectivity index (χ2v) is 8.50. The third-order valence-corrected chi connectivity index (χ3v) is 5.99. The van der Waals surface area contributed by atoms with E-state index in [1.54, 1.807) is 30.5 Å². The molecule has 33 heavy (non-hydrogen) atoms. The minimum absolute atomic E-state index is 0.0156. The zero-order valence-electron chi connectivity index (χ0n) is 18.4. The lowest BCUT2D eigenvalue weighted by molar-refractivity contribution is -0.116. The molecule has 7 nitrogen and oxygen atoms in total. The number of hydrogen-bond acceptors (Lipinski definition) is 6. The third-order valence-electron chi connectivity index (χ3n) is 5.02. The molecule has 0 aliphatic carbocycles. The summed E-state index contributed by atoms with van der Waals surface area (Å²) < 4.78 is 7.61. The number of anilines is 1. The topological polar surface area (TPSA) is 86.1 Å². The number of nitrogens with zero attached hydrogens (tertiary/aromatic N) is 3. The smallest absolute Gasteiger partial charge is 0.226 e. The summed E-state index contributed by atoms with van der Waals surface area (Å²) in [5.41, 5.74) is 2.41. The number of benzene rings is 2. The highest BCUT2D eigenvalue weighted by molar-refractivity contribution is 7.19. The van der Waals surface area contributed by atoms with Crippen molar-refractivity contribution in [3.63, 3.8) is 0 Å². The molecule has 2 aromatic carbocycles. The Morgan fingerprint density at radius 3 is 2.52 bits per heavy atom. The molecule has 0 fully saturated rings. The van der Waals surface area contributed by atoms with Crippen molar-refractivity contribution in [3.8, 4) is 27.7 Å². The Morgan fingerprint density at radius 2 is 1.85 bits per heavy atom. The van der Waals surface area contributed by atoms with Crippen molar-refractivity contribution in [1.82, 2.24) is 14.5 Å². The lowest BCUT2D eigenvalue weighted by Gasteiger charge is -2.06. The largest absolute Gasteiger partial charge is 0.494 e. The Labute approximate surface area is 196 Å². The average molecular weight is 461 g/mol. The van der Waals surface area contributed by atoms with Gasteiger partial charge in [0.1, 0.15) is 5.75 Å². The van der Waals surface area contributed by atoms with Gasteiger partial charge in [0.25, 0.3) is 0 Å². The van der Waals surface area contributed by atoms with Crippen molar-refractivity contribution in [2.45, 2.75) is 19.8 Å². The van der Waals surface area contributed by atoms with E-state index in [0.29, 0.717) is 35.9 Å². The Hall–Kier alpha value is -3.78. The van der Waals surface area contributed by atoms with E-state index in [0.717, 1.165) is 22.0 Å². The van der Waals surface area contributed by atoms with Crippen molar-refractivity contribution < 1.29 is 14.3 Å². The van der Waals surface area contributed by atoms with E-state index in [2.05, 4.69) is 10.3 Å². The second-order valence-electron chi connectivity index (χ2n) is 7.51. The maximum absolute atomic E-state index is 12.5. The number of Topliss-reactive ketones (excluding diaryl/α,β-unsaturated/α-hetero) is 1. The molecule has 8 heteroatoms. The van der Waals surface area contributed by atoms with Gasteiger partial charge < -0.3 is 14.6 Å².